The van der Waals surface area contributed by atoms with Crippen LogP contribution in [0.15, 0.2) is 48.5 Å². The minimum atomic E-state index is -0.455. The minimum Gasteiger partial charge on any atom is -0.347 e. The predicted molar refractivity (Wildman–Crippen MR) is 96.8 cm³/mol. The van der Waals surface area contributed by atoms with Gasteiger partial charge in [-0.25, -0.2) is 9.07 Å². The second-order valence-electron chi connectivity index (χ2n) is 6.90. The summed E-state index contributed by atoms with van der Waals surface area (Å²) in [6, 6.07) is 14.3. The summed E-state index contributed by atoms with van der Waals surface area (Å²) in [5.74, 6) is -0.312. The Hall–Kier alpha value is -2.76. The average Bonchev–Trinajstić information content (AvgIpc) is 3.28. The highest BCUT2D eigenvalue weighted by Crippen LogP contribution is 2.39. The number of aromatic nitrogens is 3. The van der Waals surface area contributed by atoms with Gasteiger partial charge in [0.15, 0.2) is 0 Å². The summed E-state index contributed by atoms with van der Waals surface area (Å²) < 4.78 is 15.4. The number of nitrogens with one attached hydrogen (secondary N) is 1. The van der Waals surface area contributed by atoms with Crippen molar-refractivity contribution < 1.29 is 9.18 Å². The van der Waals surface area contributed by atoms with Crippen molar-refractivity contribution in [3.8, 4) is 0 Å². The van der Waals surface area contributed by atoms with E-state index in [2.05, 4.69) is 15.6 Å². The number of halogens is 1. The first kappa shape index (κ1) is 16.7. The predicted octanol–water partition coefficient (Wildman–Crippen LogP) is 3.55. The van der Waals surface area contributed by atoms with Crippen LogP contribution in [0.4, 0.5) is 4.39 Å². The van der Waals surface area contributed by atoms with Crippen molar-refractivity contribution in [3.05, 3.63) is 59.9 Å². The van der Waals surface area contributed by atoms with Gasteiger partial charge in [0.05, 0.1) is 17.6 Å². The molecule has 0 atom stereocenters. The summed E-state index contributed by atoms with van der Waals surface area (Å²) in [7, 11) is 0. The van der Waals surface area contributed by atoms with Crippen LogP contribution in [0, 0.1) is 5.82 Å². The van der Waals surface area contributed by atoms with E-state index in [-0.39, 0.29) is 11.7 Å². The number of carbonyl (C=O) groups is 1. The Morgan fingerprint density at radius 1 is 1.15 bits per heavy atom. The lowest BCUT2D eigenvalue weighted by atomic mass is 9.88. The van der Waals surface area contributed by atoms with Gasteiger partial charge in [0, 0.05) is 6.42 Å². The van der Waals surface area contributed by atoms with E-state index >= 15 is 0 Å². The lowest BCUT2D eigenvalue weighted by molar-refractivity contribution is -0.123. The fourth-order valence-corrected chi connectivity index (χ4v) is 3.87. The number of hydrogen-bond donors (Lipinski definition) is 1. The van der Waals surface area contributed by atoms with E-state index in [9.17, 15) is 9.18 Å². The number of fused-ring (bicyclic) bond motifs is 1. The molecule has 0 bridgehead atoms. The molecule has 1 aromatic heterocycles. The standard InChI is InChI=1S/C20H21FN4O/c21-16-7-5-6-15(14-16)20(11-3-4-12-20)22-19(26)10-13-25-18-9-2-1-8-17(18)23-24-25/h1-2,5-9,14H,3-4,10-13H2,(H,22,26). The largest absolute Gasteiger partial charge is 0.347 e. The Morgan fingerprint density at radius 2 is 1.96 bits per heavy atom. The molecule has 5 nitrogen and oxygen atoms in total. The SMILES string of the molecule is O=C(CCn1nnc2ccccc21)NC1(c2cccc(F)c2)CCCC1. The van der Waals surface area contributed by atoms with Gasteiger partial charge >= 0.3 is 0 Å². The molecule has 0 aliphatic heterocycles. The molecule has 0 saturated heterocycles. The third kappa shape index (κ3) is 3.19. The quantitative estimate of drug-likeness (QED) is 0.764. The molecule has 1 saturated carbocycles. The van der Waals surface area contributed by atoms with Gasteiger partial charge in [-0.3, -0.25) is 4.79 Å². The normalized spacial score (nSPS) is 16.0. The summed E-state index contributed by atoms with van der Waals surface area (Å²) >= 11 is 0. The third-order valence-corrected chi connectivity index (χ3v) is 5.18. The van der Waals surface area contributed by atoms with Crippen molar-refractivity contribution in [1.29, 1.82) is 0 Å². The van der Waals surface area contributed by atoms with Crippen LogP contribution in [-0.2, 0) is 16.9 Å². The van der Waals surface area contributed by atoms with Crippen molar-refractivity contribution in [1.82, 2.24) is 20.3 Å². The summed E-state index contributed by atoms with van der Waals surface area (Å²) in [6.45, 7) is 0.464. The van der Waals surface area contributed by atoms with E-state index in [1.807, 2.05) is 30.3 Å². The first-order chi connectivity index (χ1) is 12.7. The van der Waals surface area contributed by atoms with E-state index in [1.54, 1.807) is 10.7 Å². The maximum Gasteiger partial charge on any atom is 0.222 e. The number of hydrogen-bond acceptors (Lipinski definition) is 3. The van der Waals surface area contributed by atoms with E-state index in [0.717, 1.165) is 42.3 Å². The molecule has 0 radical (unpaired) electrons. The van der Waals surface area contributed by atoms with Crippen LogP contribution in [-0.4, -0.2) is 20.9 Å². The van der Waals surface area contributed by atoms with Crippen LogP contribution in [0.2, 0.25) is 0 Å². The number of para-hydroxylation sites is 1. The first-order valence-corrected chi connectivity index (χ1v) is 9.02. The molecule has 1 fully saturated rings. The highest BCUT2D eigenvalue weighted by molar-refractivity contribution is 5.78. The van der Waals surface area contributed by atoms with Crippen molar-refractivity contribution in [2.45, 2.75) is 44.2 Å². The fraction of sp³-hybridized carbons (Fsp3) is 0.350. The second kappa shape index (κ2) is 6.86. The molecule has 0 unspecified atom stereocenters. The number of amides is 1. The smallest absolute Gasteiger partial charge is 0.222 e. The van der Waals surface area contributed by atoms with Crippen LogP contribution >= 0.6 is 0 Å². The zero-order chi connectivity index (χ0) is 18.0. The Balaban J connectivity index is 1.47. The molecule has 1 heterocycles. The summed E-state index contributed by atoms with van der Waals surface area (Å²) in [6.07, 6.45) is 4.06. The van der Waals surface area contributed by atoms with Crippen molar-refractivity contribution in [3.63, 3.8) is 0 Å². The molecule has 26 heavy (non-hydrogen) atoms. The van der Waals surface area contributed by atoms with Gasteiger partial charge in [0.1, 0.15) is 11.3 Å². The molecule has 4 rings (SSSR count). The van der Waals surface area contributed by atoms with E-state index in [1.165, 1.54) is 12.1 Å². The molecule has 2 aromatic carbocycles. The van der Waals surface area contributed by atoms with E-state index in [4.69, 9.17) is 0 Å². The topological polar surface area (TPSA) is 59.8 Å². The number of nitrogens with zero attached hydrogens (tertiary/aromatic N) is 3. The van der Waals surface area contributed by atoms with Gasteiger partial charge in [-0.05, 0) is 42.7 Å². The minimum absolute atomic E-state index is 0.0456. The maximum absolute atomic E-state index is 13.7. The van der Waals surface area contributed by atoms with Gasteiger partial charge < -0.3 is 5.32 Å². The van der Waals surface area contributed by atoms with Crippen molar-refractivity contribution in [2.24, 2.45) is 0 Å². The molecule has 1 amide bonds. The molecule has 134 valence electrons. The highest BCUT2D eigenvalue weighted by Gasteiger charge is 2.37. The monoisotopic (exact) mass is 352 g/mol. The highest BCUT2D eigenvalue weighted by atomic mass is 19.1. The van der Waals surface area contributed by atoms with Gasteiger partial charge in [0.25, 0.3) is 0 Å². The number of aryl methyl sites for hydroxylation is 1. The second-order valence-corrected chi connectivity index (χ2v) is 6.90. The van der Waals surface area contributed by atoms with Crippen LogP contribution < -0.4 is 5.32 Å². The van der Waals surface area contributed by atoms with Crippen LogP contribution in [0.5, 0.6) is 0 Å². The van der Waals surface area contributed by atoms with Gasteiger partial charge in [-0.2, -0.15) is 0 Å². The molecular formula is C20H21FN4O. The molecule has 6 heteroatoms. The van der Waals surface area contributed by atoms with Crippen LogP contribution in [0.25, 0.3) is 11.0 Å². The zero-order valence-corrected chi connectivity index (χ0v) is 14.5. The zero-order valence-electron chi connectivity index (χ0n) is 14.5. The van der Waals surface area contributed by atoms with Crippen LogP contribution in [0.3, 0.4) is 0 Å². The molecule has 0 spiro atoms. The first-order valence-electron chi connectivity index (χ1n) is 9.02. The Morgan fingerprint density at radius 3 is 2.77 bits per heavy atom. The Bertz CT molecular complexity index is 930. The lowest BCUT2D eigenvalue weighted by Crippen LogP contribution is -2.44. The molecule has 1 aliphatic rings. The average molecular weight is 352 g/mol. The molecule has 3 aromatic rings. The molecule has 1 aliphatic carbocycles. The third-order valence-electron chi connectivity index (χ3n) is 5.18. The van der Waals surface area contributed by atoms with E-state index in [0.29, 0.717) is 13.0 Å². The Kier molecular flexibility index (Phi) is 4.41. The summed E-state index contributed by atoms with van der Waals surface area (Å²) in [4.78, 5) is 12.6. The van der Waals surface area contributed by atoms with Gasteiger partial charge in [0.2, 0.25) is 5.91 Å². The van der Waals surface area contributed by atoms with Crippen molar-refractivity contribution >= 4 is 16.9 Å². The van der Waals surface area contributed by atoms with Crippen molar-refractivity contribution in [2.75, 3.05) is 0 Å². The Labute approximate surface area is 151 Å². The molecule has 1 N–H and O–H groups in total. The number of benzene rings is 2. The van der Waals surface area contributed by atoms with Crippen LogP contribution in [0.1, 0.15) is 37.7 Å². The number of rotatable bonds is 5. The summed E-state index contributed by atoms with van der Waals surface area (Å²) in [5.41, 5.74) is 2.14. The fourth-order valence-electron chi connectivity index (χ4n) is 3.87. The summed E-state index contributed by atoms with van der Waals surface area (Å²) in [5, 5.41) is 11.4. The lowest BCUT2D eigenvalue weighted by Gasteiger charge is -2.31. The van der Waals surface area contributed by atoms with Gasteiger partial charge in [-0.15, -0.1) is 5.10 Å². The van der Waals surface area contributed by atoms with E-state index < -0.39 is 5.54 Å². The van der Waals surface area contributed by atoms with Gasteiger partial charge in [-0.1, -0.05) is 42.3 Å². The maximum atomic E-state index is 13.7. The number of carbonyl (C=O) groups excluding carboxylic acids is 1. The molecular weight excluding hydrogens is 331 g/mol.